The number of thiophene rings is 1. The summed E-state index contributed by atoms with van der Waals surface area (Å²) in [5.74, 6) is 0.312. The predicted octanol–water partition coefficient (Wildman–Crippen LogP) is 3.06. The lowest BCUT2D eigenvalue weighted by Gasteiger charge is -2.15. The molecule has 0 atom stereocenters. The maximum Gasteiger partial charge on any atom is 0.157 e. The molecule has 0 radical (unpaired) electrons. The average Bonchev–Trinajstić information content (AvgIpc) is 2.84. The first kappa shape index (κ1) is 12.4. The Labute approximate surface area is 116 Å². The standard InChI is InChI=1S/C10H9BrN4S2/c1-15(4-7-2-6(11)5-16-7)10-8(3-12)9(13)14-17-10/h2,5H,4H2,1H3,(H2,13,14). The Bertz CT molecular complexity index is 569. The first-order chi connectivity index (χ1) is 8.11. The molecule has 2 heterocycles. The molecule has 0 spiro atoms. The van der Waals surface area contributed by atoms with Gasteiger partial charge in [-0.25, -0.2) is 0 Å². The highest BCUT2D eigenvalue weighted by molar-refractivity contribution is 9.10. The SMILES string of the molecule is CN(Cc1cc(Br)cs1)c1snc(N)c1C#N. The van der Waals surface area contributed by atoms with E-state index in [1.165, 1.54) is 16.4 Å². The molecule has 0 saturated heterocycles. The molecule has 0 aliphatic rings. The van der Waals surface area contributed by atoms with Crippen LogP contribution in [0.5, 0.6) is 0 Å². The van der Waals surface area contributed by atoms with E-state index < -0.39 is 0 Å². The summed E-state index contributed by atoms with van der Waals surface area (Å²) in [6, 6.07) is 4.16. The zero-order chi connectivity index (χ0) is 12.4. The van der Waals surface area contributed by atoms with Gasteiger partial charge in [-0.2, -0.15) is 9.64 Å². The highest BCUT2D eigenvalue weighted by Crippen LogP contribution is 2.31. The molecule has 0 aliphatic carbocycles. The Kier molecular flexibility index (Phi) is 3.66. The summed E-state index contributed by atoms with van der Waals surface area (Å²) >= 11 is 6.35. The van der Waals surface area contributed by atoms with Gasteiger partial charge < -0.3 is 10.6 Å². The first-order valence-corrected chi connectivity index (χ1v) is 7.15. The molecule has 88 valence electrons. The van der Waals surface area contributed by atoms with Crippen LogP contribution in [-0.2, 0) is 6.54 Å². The van der Waals surface area contributed by atoms with Gasteiger partial charge in [0.25, 0.3) is 0 Å². The van der Waals surface area contributed by atoms with Crippen molar-refractivity contribution in [3.05, 3.63) is 26.4 Å². The Morgan fingerprint density at radius 3 is 3.00 bits per heavy atom. The molecule has 2 aromatic heterocycles. The maximum atomic E-state index is 9.01. The summed E-state index contributed by atoms with van der Waals surface area (Å²) in [4.78, 5) is 3.21. The molecule has 0 unspecified atom stereocenters. The van der Waals surface area contributed by atoms with Crippen LogP contribution < -0.4 is 10.6 Å². The lowest BCUT2D eigenvalue weighted by Crippen LogP contribution is -2.15. The summed E-state index contributed by atoms with van der Waals surface area (Å²) in [6.45, 7) is 0.743. The van der Waals surface area contributed by atoms with Crippen molar-refractivity contribution < 1.29 is 0 Å². The highest BCUT2D eigenvalue weighted by atomic mass is 79.9. The number of anilines is 2. The normalized spacial score (nSPS) is 10.2. The first-order valence-electron chi connectivity index (χ1n) is 4.71. The van der Waals surface area contributed by atoms with Crippen molar-refractivity contribution in [2.24, 2.45) is 0 Å². The third-order valence-electron chi connectivity index (χ3n) is 2.17. The van der Waals surface area contributed by atoms with E-state index in [0.717, 1.165) is 16.0 Å². The van der Waals surface area contributed by atoms with Crippen molar-refractivity contribution in [3.8, 4) is 6.07 Å². The number of hydrogen-bond donors (Lipinski definition) is 1. The number of hydrogen-bond acceptors (Lipinski definition) is 6. The lowest BCUT2D eigenvalue weighted by molar-refractivity contribution is 0.951. The monoisotopic (exact) mass is 328 g/mol. The number of nitrogens with zero attached hydrogens (tertiary/aromatic N) is 3. The second-order valence-corrected chi connectivity index (χ2v) is 6.11. The van der Waals surface area contributed by atoms with E-state index in [1.807, 2.05) is 17.3 Å². The van der Waals surface area contributed by atoms with E-state index in [0.29, 0.717) is 11.4 Å². The molecular formula is C10H9BrN4S2. The van der Waals surface area contributed by atoms with Gasteiger partial charge >= 0.3 is 0 Å². The van der Waals surface area contributed by atoms with Crippen LogP contribution in [0.3, 0.4) is 0 Å². The summed E-state index contributed by atoms with van der Waals surface area (Å²) in [6.07, 6.45) is 0. The van der Waals surface area contributed by atoms with Crippen LogP contribution in [0, 0.1) is 11.3 Å². The van der Waals surface area contributed by atoms with E-state index in [2.05, 4.69) is 32.4 Å². The third kappa shape index (κ3) is 2.60. The van der Waals surface area contributed by atoms with Crippen LogP contribution >= 0.6 is 38.8 Å². The largest absolute Gasteiger partial charge is 0.382 e. The molecule has 4 nitrogen and oxygen atoms in total. The molecule has 0 amide bonds. The van der Waals surface area contributed by atoms with E-state index in [1.54, 1.807) is 11.3 Å². The fraction of sp³-hybridized carbons (Fsp3) is 0.200. The summed E-state index contributed by atoms with van der Waals surface area (Å²) in [5, 5.41) is 11.9. The number of halogens is 1. The van der Waals surface area contributed by atoms with Crippen LogP contribution in [0.25, 0.3) is 0 Å². The second kappa shape index (κ2) is 5.04. The number of nitriles is 1. The second-order valence-electron chi connectivity index (χ2n) is 3.45. The van der Waals surface area contributed by atoms with Crippen molar-refractivity contribution in [1.29, 1.82) is 5.26 Å². The summed E-state index contributed by atoms with van der Waals surface area (Å²) in [5.41, 5.74) is 6.10. The zero-order valence-corrected chi connectivity index (χ0v) is 12.2. The van der Waals surface area contributed by atoms with Gasteiger partial charge in [-0.05, 0) is 33.5 Å². The predicted molar refractivity (Wildman–Crippen MR) is 75.4 cm³/mol. The number of rotatable bonds is 3. The van der Waals surface area contributed by atoms with E-state index >= 15 is 0 Å². The van der Waals surface area contributed by atoms with Crippen LogP contribution in [0.15, 0.2) is 15.9 Å². The number of nitrogen functional groups attached to an aromatic ring is 1. The lowest BCUT2D eigenvalue weighted by atomic mass is 10.3. The average molecular weight is 329 g/mol. The van der Waals surface area contributed by atoms with Gasteiger partial charge in [-0.15, -0.1) is 11.3 Å². The van der Waals surface area contributed by atoms with E-state index in [4.69, 9.17) is 11.0 Å². The molecule has 0 bridgehead atoms. The van der Waals surface area contributed by atoms with Gasteiger partial charge in [0.1, 0.15) is 16.6 Å². The molecule has 0 fully saturated rings. The van der Waals surface area contributed by atoms with Crippen LogP contribution in [0.2, 0.25) is 0 Å². The minimum absolute atomic E-state index is 0.312. The Morgan fingerprint density at radius 1 is 1.65 bits per heavy atom. The van der Waals surface area contributed by atoms with Gasteiger partial charge in [-0.1, -0.05) is 0 Å². The Morgan fingerprint density at radius 2 is 2.41 bits per heavy atom. The molecule has 7 heteroatoms. The van der Waals surface area contributed by atoms with Gasteiger partial charge in [0.15, 0.2) is 5.82 Å². The van der Waals surface area contributed by atoms with Crippen molar-refractivity contribution >= 4 is 49.6 Å². The van der Waals surface area contributed by atoms with Crippen molar-refractivity contribution in [2.45, 2.75) is 6.54 Å². The highest BCUT2D eigenvalue weighted by Gasteiger charge is 2.15. The minimum Gasteiger partial charge on any atom is -0.382 e. The van der Waals surface area contributed by atoms with Crippen molar-refractivity contribution in [3.63, 3.8) is 0 Å². The summed E-state index contributed by atoms with van der Waals surface area (Å²) in [7, 11) is 1.93. The number of nitrogens with two attached hydrogens (primary N) is 1. The van der Waals surface area contributed by atoms with Gasteiger partial charge in [0.05, 0.1) is 6.54 Å². The smallest absolute Gasteiger partial charge is 0.157 e. The molecule has 2 rings (SSSR count). The molecule has 0 aromatic carbocycles. The molecule has 2 aromatic rings. The van der Waals surface area contributed by atoms with Gasteiger partial charge in [0.2, 0.25) is 0 Å². The van der Waals surface area contributed by atoms with Crippen LogP contribution in [-0.4, -0.2) is 11.4 Å². The quantitative estimate of drug-likeness (QED) is 0.940. The number of aromatic nitrogens is 1. The fourth-order valence-corrected chi connectivity index (χ4v) is 3.63. The van der Waals surface area contributed by atoms with Gasteiger partial charge in [0, 0.05) is 21.8 Å². The fourth-order valence-electron chi connectivity index (χ4n) is 1.40. The van der Waals surface area contributed by atoms with E-state index in [9.17, 15) is 0 Å². The van der Waals surface area contributed by atoms with Crippen LogP contribution in [0.1, 0.15) is 10.4 Å². The minimum atomic E-state index is 0.312. The Hall–Kier alpha value is -1.10. The summed E-state index contributed by atoms with van der Waals surface area (Å²) < 4.78 is 5.08. The Balaban J connectivity index is 2.20. The van der Waals surface area contributed by atoms with Crippen LogP contribution in [0.4, 0.5) is 10.8 Å². The third-order valence-corrected chi connectivity index (χ3v) is 4.83. The van der Waals surface area contributed by atoms with E-state index in [-0.39, 0.29) is 0 Å². The molecule has 0 aliphatic heterocycles. The maximum absolute atomic E-state index is 9.01. The van der Waals surface area contributed by atoms with Gasteiger partial charge in [-0.3, -0.25) is 0 Å². The topological polar surface area (TPSA) is 65.9 Å². The van der Waals surface area contributed by atoms with Crippen molar-refractivity contribution in [2.75, 3.05) is 17.7 Å². The molecule has 0 saturated carbocycles. The molecular weight excluding hydrogens is 320 g/mol. The van der Waals surface area contributed by atoms with Crippen molar-refractivity contribution in [1.82, 2.24) is 4.37 Å². The molecule has 2 N–H and O–H groups in total. The zero-order valence-electron chi connectivity index (χ0n) is 8.98. The molecule has 17 heavy (non-hydrogen) atoms.